The number of piperidine rings is 1. The summed E-state index contributed by atoms with van der Waals surface area (Å²) in [5.74, 6) is 1.25. The third-order valence-electron chi connectivity index (χ3n) is 4.04. The molecular weight excluding hydrogens is 264 g/mol. The molecule has 0 spiro atoms. The summed E-state index contributed by atoms with van der Waals surface area (Å²) in [6, 6.07) is 0. The minimum absolute atomic E-state index is 0.0570. The molecule has 1 aliphatic rings. The number of aryl methyl sites for hydroxylation is 1. The predicted molar refractivity (Wildman–Crippen MR) is 86.9 cm³/mol. The molecule has 5 nitrogen and oxygen atoms in total. The molecule has 1 saturated heterocycles. The molecule has 0 saturated carbocycles. The van der Waals surface area contributed by atoms with Crippen LogP contribution in [0.2, 0.25) is 0 Å². The molecule has 1 fully saturated rings. The summed E-state index contributed by atoms with van der Waals surface area (Å²) in [5.41, 5.74) is 0.0570. The van der Waals surface area contributed by atoms with Crippen molar-refractivity contribution in [1.29, 1.82) is 0 Å². The fraction of sp³-hybridized carbons (Fsp3) is 0.750. The maximum atomic E-state index is 12.5. The summed E-state index contributed by atoms with van der Waals surface area (Å²) in [6.45, 7) is 9.04. The largest absolute Gasteiger partial charge is 0.352 e. The van der Waals surface area contributed by atoms with Crippen molar-refractivity contribution < 1.29 is 0 Å². The highest BCUT2D eigenvalue weighted by Gasteiger charge is 2.22. The molecule has 1 unspecified atom stereocenters. The van der Waals surface area contributed by atoms with Crippen LogP contribution in [0.1, 0.15) is 39.5 Å². The first kappa shape index (κ1) is 16.0. The van der Waals surface area contributed by atoms with E-state index in [1.54, 1.807) is 17.0 Å². The molecule has 0 amide bonds. The van der Waals surface area contributed by atoms with Crippen LogP contribution >= 0.6 is 0 Å². The average molecular weight is 292 g/mol. The van der Waals surface area contributed by atoms with Crippen molar-refractivity contribution >= 4 is 5.82 Å². The molecule has 1 aliphatic heterocycles. The van der Waals surface area contributed by atoms with Gasteiger partial charge in [0.05, 0.1) is 0 Å². The minimum Gasteiger partial charge on any atom is -0.352 e. The van der Waals surface area contributed by atoms with E-state index in [1.165, 1.54) is 12.8 Å². The van der Waals surface area contributed by atoms with Gasteiger partial charge in [0.1, 0.15) is 0 Å². The van der Waals surface area contributed by atoms with Gasteiger partial charge in [0, 0.05) is 32.0 Å². The van der Waals surface area contributed by atoms with Gasteiger partial charge in [0.15, 0.2) is 5.82 Å². The number of aromatic nitrogens is 2. The zero-order valence-corrected chi connectivity index (χ0v) is 13.3. The average Bonchev–Trinajstić information content (AvgIpc) is 2.50. The Morgan fingerprint density at radius 2 is 2.24 bits per heavy atom. The summed E-state index contributed by atoms with van der Waals surface area (Å²) in [6.07, 6.45) is 8.06. The second-order valence-corrected chi connectivity index (χ2v) is 5.91. The van der Waals surface area contributed by atoms with Crippen molar-refractivity contribution in [2.24, 2.45) is 5.92 Å². The highest BCUT2D eigenvalue weighted by molar-refractivity contribution is 5.36. The van der Waals surface area contributed by atoms with Crippen LogP contribution in [0.3, 0.4) is 0 Å². The lowest BCUT2D eigenvalue weighted by atomic mass is 9.98. The Bertz CT molecular complexity index is 485. The van der Waals surface area contributed by atoms with E-state index in [0.29, 0.717) is 11.7 Å². The van der Waals surface area contributed by atoms with Gasteiger partial charge in [-0.1, -0.05) is 13.8 Å². The summed E-state index contributed by atoms with van der Waals surface area (Å²) in [7, 11) is 0. The lowest BCUT2D eigenvalue weighted by Gasteiger charge is -2.33. The van der Waals surface area contributed by atoms with E-state index in [1.807, 2.05) is 0 Å². The van der Waals surface area contributed by atoms with Gasteiger partial charge in [-0.15, -0.1) is 0 Å². The molecule has 118 valence electrons. The molecule has 5 heteroatoms. The molecule has 2 rings (SSSR count). The number of hydrogen-bond acceptors (Lipinski definition) is 4. The fourth-order valence-electron chi connectivity index (χ4n) is 2.98. The molecule has 1 aromatic heterocycles. The molecule has 0 aromatic carbocycles. The Balaban J connectivity index is 2.04. The van der Waals surface area contributed by atoms with Crippen LogP contribution < -0.4 is 15.8 Å². The van der Waals surface area contributed by atoms with Gasteiger partial charge in [0.2, 0.25) is 0 Å². The van der Waals surface area contributed by atoms with Crippen molar-refractivity contribution in [3.63, 3.8) is 0 Å². The van der Waals surface area contributed by atoms with Crippen LogP contribution in [-0.4, -0.2) is 35.7 Å². The molecule has 0 bridgehead atoms. The third-order valence-corrected chi connectivity index (χ3v) is 4.04. The lowest BCUT2D eigenvalue weighted by molar-refractivity contribution is 0.390. The fourth-order valence-corrected chi connectivity index (χ4v) is 2.98. The first-order chi connectivity index (χ1) is 10.3. The van der Waals surface area contributed by atoms with Gasteiger partial charge in [-0.05, 0) is 44.7 Å². The molecule has 1 aromatic rings. The van der Waals surface area contributed by atoms with Gasteiger partial charge in [-0.2, -0.15) is 0 Å². The molecule has 0 aliphatic carbocycles. The Morgan fingerprint density at radius 1 is 1.38 bits per heavy atom. The van der Waals surface area contributed by atoms with E-state index >= 15 is 0 Å². The number of anilines is 1. The van der Waals surface area contributed by atoms with Gasteiger partial charge in [-0.3, -0.25) is 4.79 Å². The molecule has 21 heavy (non-hydrogen) atoms. The Morgan fingerprint density at radius 3 is 3.00 bits per heavy atom. The quantitative estimate of drug-likeness (QED) is 0.780. The second kappa shape index (κ2) is 8.17. The lowest BCUT2D eigenvalue weighted by Crippen LogP contribution is -2.43. The van der Waals surface area contributed by atoms with Crippen LogP contribution in [0.5, 0.6) is 0 Å². The summed E-state index contributed by atoms with van der Waals surface area (Å²) >= 11 is 0. The zero-order chi connectivity index (χ0) is 15.1. The summed E-state index contributed by atoms with van der Waals surface area (Å²) in [4.78, 5) is 19.0. The normalized spacial score (nSPS) is 19.0. The predicted octanol–water partition coefficient (Wildman–Crippen LogP) is 1.87. The van der Waals surface area contributed by atoms with E-state index < -0.39 is 0 Å². The van der Waals surface area contributed by atoms with Gasteiger partial charge < -0.3 is 14.8 Å². The minimum atomic E-state index is 0.0570. The van der Waals surface area contributed by atoms with E-state index in [0.717, 1.165) is 45.6 Å². The maximum absolute atomic E-state index is 12.5. The number of hydrogen-bond donors (Lipinski definition) is 1. The Hall–Kier alpha value is -1.36. The first-order valence-electron chi connectivity index (χ1n) is 8.27. The Kier molecular flexibility index (Phi) is 6.23. The van der Waals surface area contributed by atoms with Gasteiger partial charge >= 0.3 is 0 Å². The van der Waals surface area contributed by atoms with E-state index in [2.05, 4.69) is 29.0 Å². The molecule has 0 radical (unpaired) electrons. The van der Waals surface area contributed by atoms with Crippen molar-refractivity contribution in [2.75, 3.05) is 31.1 Å². The van der Waals surface area contributed by atoms with Crippen LogP contribution in [0, 0.1) is 5.92 Å². The molecule has 1 atom stereocenters. The van der Waals surface area contributed by atoms with Crippen molar-refractivity contribution in [3.05, 3.63) is 22.7 Å². The maximum Gasteiger partial charge on any atom is 0.293 e. The van der Waals surface area contributed by atoms with Crippen molar-refractivity contribution in [1.82, 2.24) is 14.9 Å². The smallest absolute Gasteiger partial charge is 0.293 e. The van der Waals surface area contributed by atoms with Crippen LogP contribution in [0.15, 0.2) is 17.2 Å². The van der Waals surface area contributed by atoms with Crippen molar-refractivity contribution in [3.8, 4) is 0 Å². The number of nitrogens with one attached hydrogen (secondary N) is 1. The molecular formula is C16H28N4O. The standard InChI is InChI=1S/C16H28N4O/c1-3-7-17-12-14-6-5-10-20(13-14)15-16(21)19(9-4-2)11-8-18-15/h8,11,14,17H,3-7,9-10,12-13H2,1-2H3. The summed E-state index contributed by atoms with van der Waals surface area (Å²) in [5, 5.41) is 3.49. The van der Waals surface area contributed by atoms with E-state index in [9.17, 15) is 4.79 Å². The number of rotatable bonds is 7. The molecule has 1 N–H and O–H groups in total. The number of nitrogens with zero attached hydrogens (tertiary/aromatic N) is 3. The Labute approximate surface area is 127 Å². The first-order valence-corrected chi connectivity index (χ1v) is 8.27. The van der Waals surface area contributed by atoms with Crippen LogP contribution in [0.4, 0.5) is 5.82 Å². The summed E-state index contributed by atoms with van der Waals surface area (Å²) < 4.78 is 1.78. The highest BCUT2D eigenvalue weighted by Crippen LogP contribution is 2.18. The van der Waals surface area contributed by atoms with E-state index in [-0.39, 0.29) is 5.56 Å². The third kappa shape index (κ3) is 4.30. The van der Waals surface area contributed by atoms with Crippen LogP contribution in [-0.2, 0) is 6.54 Å². The molecule has 2 heterocycles. The SMILES string of the molecule is CCCNCC1CCCN(c2nccn(CCC)c2=O)C1. The zero-order valence-electron chi connectivity index (χ0n) is 13.3. The van der Waals surface area contributed by atoms with Gasteiger partial charge in [0.25, 0.3) is 5.56 Å². The van der Waals surface area contributed by atoms with E-state index in [4.69, 9.17) is 0 Å². The van der Waals surface area contributed by atoms with Crippen molar-refractivity contribution in [2.45, 2.75) is 46.1 Å². The van der Waals surface area contributed by atoms with Gasteiger partial charge in [-0.25, -0.2) is 4.98 Å². The topological polar surface area (TPSA) is 50.2 Å². The monoisotopic (exact) mass is 292 g/mol. The van der Waals surface area contributed by atoms with Crippen LogP contribution in [0.25, 0.3) is 0 Å². The highest BCUT2D eigenvalue weighted by atomic mass is 16.1. The second-order valence-electron chi connectivity index (χ2n) is 5.91.